The first kappa shape index (κ1) is 14.2. The van der Waals surface area contributed by atoms with Crippen molar-refractivity contribution in [3.63, 3.8) is 0 Å². The van der Waals surface area contributed by atoms with Crippen LogP contribution in [0.4, 0.5) is 11.5 Å². The van der Waals surface area contributed by atoms with Crippen molar-refractivity contribution in [2.24, 2.45) is 0 Å². The van der Waals surface area contributed by atoms with Crippen LogP contribution >= 0.6 is 11.6 Å². The molecule has 0 unspecified atom stereocenters. The van der Waals surface area contributed by atoms with Gasteiger partial charge in [0.2, 0.25) is 11.6 Å². The molecular formula is C11H13ClN6O2. The van der Waals surface area contributed by atoms with Crippen molar-refractivity contribution in [3.8, 4) is 5.82 Å². The second-order valence-corrected chi connectivity index (χ2v) is 4.46. The van der Waals surface area contributed by atoms with E-state index in [4.69, 9.17) is 11.6 Å². The Morgan fingerprint density at radius 3 is 2.65 bits per heavy atom. The van der Waals surface area contributed by atoms with E-state index in [1.165, 1.54) is 11.0 Å². The van der Waals surface area contributed by atoms with Crippen molar-refractivity contribution in [2.45, 2.75) is 20.8 Å². The molecule has 106 valence electrons. The van der Waals surface area contributed by atoms with Gasteiger partial charge in [-0.2, -0.15) is 5.10 Å². The molecule has 0 bridgehead atoms. The zero-order valence-electron chi connectivity index (χ0n) is 11.2. The molecule has 0 saturated carbocycles. The number of anilines is 1. The van der Waals surface area contributed by atoms with Gasteiger partial charge in [-0.1, -0.05) is 11.6 Å². The summed E-state index contributed by atoms with van der Waals surface area (Å²) in [6.45, 7) is 5.78. The van der Waals surface area contributed by atoms with Crippen molar-refractivity contribution in [3.05, 3.63) is 32.9 Å². The minimum Gasteiger partial charge on any atom is -0.364 e. The summed E-state index contributed by atoms with van der Waals surface area (Å²) < 4.78 is 1.36. The molecule has 0 radical (unpaired) electrons. The third-order valence-electron chi connectivity index (χ3n) is 2.73. The van der Waals surface area contributed by atoms with E-state index in [-0.39, 0.29) is 17.3 Å². The Morgan fingerprint density at radius 2 is 2.15 bits per heavy atom. The maximum Gasteiger partial charge on any atom is 0.355 e. The van der Waals surface area contributed by atoms with Gasteiger partial charge >= 0.3 is 5.69 Å². The van der Waals surface area contributed by atoms with E-state index in [1.54, 1.807) is 13.8 Å². The average Bonchev–Trinajstić information content (AvgIpc) is 2.66. The Labute approximate surface area is 120 Å². The van der Waals surface area contributed by atoms with Gasteiger partial charge in [0, 0.05) is 6.54 Å². The van der Waals surface area contributed by atoms with Crippen LogP contribution in [0.5, 0.6) is 0 Å². The molecule has 0 spiro atoms. The maximum absolute atomic E-state index is 11.3. The van der Waals surface area contributed by atoms with E-state index < -0.39 is 4.92 Å². The van der Waals surface area contributed by atoms with Gasteiger partial charge in [-0.05, 0) is 20.8 Å². The van der Waals surface area contributed by atoms with Crippen LogP contribution in [0.3, 0.4) is 0 Å². The Bertz CT molecular complexity index is 669. The lowest BCUT2D eigenvalue weighted by Crippen LogP contribution is -2.11. The summed E-state index contributed by atoms with van der Waals surface area (Å²) in [5.41, 5.74) is 0.951. The first-order chi connectivity index (χ1) is 9.47. The van der Waals surface area contributed by atoms with Gasteiger partial charge in [-0.15, -0.1) is 0 Å². The lowest BCUT2D eigenvalue weighted by atomic mass is 10.4. The number of rotatable bonds is 4. The quantitative estimate of drug-likeness (QED) is 0.686. The number of hydrogen-bond donors (Lipinski definition) is 1. The summed E-state index contributed by atoms with van der Waals surface area (Å²) in [4.78, 5) is 18.6. The second kappa shape index (κ2) is 5.41. The molecule has 0 aromatic carbocycles. The minimum atomic E-state index is -0.530. The minimum absolute atomic E-state index is 0.0912. The Kier molecular flexibility index (Phi) is 3.84. The first-order valence-corrected chi connectivity index (χ1v) is 6.30. The molecule has 0 saturated heterocycles. The monoisotopic (exact) mass is 296 g/mol. The molecule has 1 N–H and O–H groups in total. The fraction of sp³-hybridized carbons (Fsp3) is 0.364. The van der Waals surface area contributed by atoms with Gasteiger partial charge in [0.25, 0.3) is 0 Å². The maximum atomic E-state index is 11.3. The highest BCUT2D eigenvalue weighted by Crippen LogP contribution is 2.30. The topological polar surface area (TPSA) is 98.8 Å². The predicted octanol–water partition coefficient (Wildman–Crippen LogP) is 2.27. The molecular weight excluding hydrogens is 284 g/mol. The molecule has 0 fully saturated rings. The fourth-order valence-corrected chi connectivity index (χ4v) is 1.94. The van der Waals surface area contributed by atoms with E-state index in [0.29, 0.717) is 23.0 Å². The average molecular weight is 297 g/mol. The van der Waals surface area contributed by atoms with Gasteiger partial charge in [0.15, 0.2) is 0 Å². The summed E-state index contributed by atoms with van der Waals surface area (Å²) in [5.74, 6) is 0.250. The summed E-state index contributed by atoms with van der Waals surface area (Å²) in [6.07, 6.45) is 1.25. The molecule has 2 heterocycles. The Morgan fingerprint density at radius 1 is 1.45 bits per heavy atom. The van der Waals surface area contributed by atoms with Gasteiger partial charge < -0.3 is 5.32 Å². The summed E-state index contributed by atoms with van der Waals surface area (Å²) in [7, 11) is 0. The summed E-state index contributed by atoms with van der Waals surface area (Å²) in [5, 5.41) is 18.8. The molecule has 0 aliphatic heterocycles. The van der Waals surface area contributed by atoms with Crippen LogP contribution in [-0.4, -0.2) is 31.2 Å². The fourth-order valence-electron chi connectivity index (χ4n) is 1.82. The number of nitrogens with one attached hydrogen (secondary N) is 1. The van der Waals surface area contributed by atoms with Crippen molar-refractivity contribution in [1.82, 2.24) is 19.7 Å². The van der Waals surface area contributed by atoms with Crippen molar-refractivity contribution in [2.75, 3.05) is 11.9 Å². The third-order valence-corrected chi connectivity index (χ3v) is 3.28. The highest BCUT2D eigenvalue weighted by atomic mass is 35.5. The van der Waals surface area contributed by atoms with Crippen molar-refractivity contribution in [1.29, 1.82) is 0 Å². The summed E-state index contributed by atoms with van der Waals surface area (Å²) in [6, 6.07) is 0. The highest BCUT2D eigenvalue weighted by molar-refractivity contribution is 6.31. The standard InChI is InChI=1S/C11H13ClN6O2/c1-4-13-10-9(18(19)20)11(15-5-14-10)17-7(3)8(12)6(2)16-17/h5H,4H2,1-3H3,(H,13,14,15). The predicted molar refractivity (Wildman–Crippen MR) is 74.5 cm³/mol. The number of nitro groups is 1. The second-order valence-electron chi connectivity index (χ2n) is 4.08. The van der Waals surface area contributed by atoms with Crippen LogP contribution in [0.25, 0.3) is 5.82 Å². The molecule has 2 aromatic rings. The lowest BCUT2D eigenvalue weighted by molar-refractivity contribution is -0.384. The summed E-state index contributed by atoms with van der Waals surface area (Å²) >= 11 is 6.07. The van der Waals surface area contributed by atoms with Gasteiger partial charge in [0.1, 0.15) is 6.33 Å². The van der Waals surface area contributed by atoms with Gasteiger partial charge in [0.05, 0.1) is 21.3 Å². The van der Waals surface area contributed by atoms with Crippen LogP contribution in [0.1, 0.15) is 18.3 Å². The van der Waals surface area contributed by atoms with E-state index in [0.717, 1.165) is 0 Å². The van der Waals surface area contributed by atoms with Crippen LogP contribution < -0.4 is 5.32 Å². The zero-order valence-corrected chi connectivity index (χ0v) is 12.0. The van der Waals surface area contributed by atoms with Crippen LogP contribution in [0, 0.1) is 24.0 Å². The molecule has 0 atom stereocenters. The number of aryl methyl sites for hydroxylation is 1. The highest BCUT2D eigenvalue weighted by Gasteiger charge is 2.26. The Balaban J connectivity index is 2.70. The number of hydrogen-bond acceptors (Lipinski definition) is 6. The van der Waals surface area contributed by atoms with E-state index >= 15 is 0 Å². The van der Waals surface area contributed by atoms with E-state index in [2.05, 4.69) is 20.4 Å². The third kappa shape index (κ3) is 2.29. The van der Waals surface area contributed by atoms with Crippen molar-refractivity contribution >= 4 is 23.1 Å². The normalized spacial score (nSPS) is 10.6. The smallest absolute Gasteiger partial charge is 0.355 e. The lowest BCUT2D eigenvalue weighted by Gasteiger charge is -2.08. The van der Waals surface area contributed by atoms with E-state index in [9.17, 15) is 10.1 Å². The van der Waals surface area contributed by atoms with Crippen LogP contribution in [0.2, 0.25) is 5.02 Å². The van der Waals surface area contributed by atoms with E-state index in [1.807, 2.05) is 6.92 Å². The molecule has 2 aromatic heterocycles. The molecule has 9 heteroatoms. The number of halogens is 1. The van der Waals surface area contributed by atoms with Crippen LogP contribution in [-0.2, 0) is 0 Å². The number of nitrogens with zero attached hydrogens (tertiary/aromatic N) is 5. The zero-order chi connectivity index (χ0) is 14.9. The SMILES string of the molecule is CCNc1ncnc(-n2nc(C)c(Cl)c2C)c1[N+](=O)[O-]. The van der Waals surface area contributed by atoms with Crippen LogP contribution in [0.15, 0.2) is 6.33 Å². The molecule has 0 amide bonds. The Hall–Kier alpha value is -2.22. The molecule has 0 aliphatic rings. The largest absolute Gasteiger partial charge is 0.364 e. The molecule has 2 rings (SSSR count). The first-order valence-electron chi connectivity index (χ1n) is 5.92. The molecule has 8 nitrogen and oxygen atoms in total. The van der Waals surface area contributed by atoms with Crippen molar-refractivity contribution < 1.29 is 4.92 Å². The molecule has 0 aliphatic carbocycles. The van der Waals surface area contributed by atoms with Gasteiger partial charge in [-0.25, -0.2) is 14.6 Å². The molecule has 20 heavy (non-hydrogen) atoms. The number of aromatic nitrogens is 4. The van der Waals surface area contributed by atoms with Gasteiger partial charge in [-0.3, -0.25) is 10.1 Å².